The molecule has 0 bridgehead atoms. The summed E-state index contributed by atoms with van der Waals surface area (Å²) in [5, 5.41) is 29.3. The van der Waals surface area contributed by atoms with E-state index in [4.69, 9.17) is 16.7 Å². The van der Waals surface area contributed by atoms with Crippen molar-refractivity contribution in [1.82, 2.24) is 5.32 Å². The lowest BCUT2D eigenvalue weighted by Gasteiger charge is -2.17. The predicted molar refractivity (Wildman–Crippen MR) is 63.7 cm³/mol. The van der Waals surface area contributed by atoms with Crippen LogP contribution in [0.3, 0.4) is 0 Å². The molecule has 0 aromatic heterocycles. The third-order valence-corrected chi connectivity index (χ3v) is 2.55. The summed E-state index contributed by atoms with van der Waals surface area (Å²) in [7, 11) is 0. The minimum Gasteiger partial charge on any atom is -0.506 e. The van der Waals surface area contributed by atoms with Gasteiger partial charge in [-0.1, -0.05) is 11.6 Å². The van der Waals surface area contributed by atoms with Gasteiger partial charge in [0.15, 0.2) is 6.04 Å². The zero-order chi connectivity index (χ0) is 13.9. The number of carbonyl (C=O) groups is 2. The van der Waals surface area contributed by atoms with E-state index in [0.29, 0.717) is 0 Å². The van der Waals surface area contributed by atoms with Gasteiger partial charge in [0, 0.05) is 5.56 Å². The summed E-state index contributed by atoms with van der Waals surface area (Å²) in [6.45, 7) is 1.25. The van der Waals surface area contributed by atoms with Gasteiger partial charge < -0.3 is 20.6 Å². The van der Waals surface area contributed by atoms with Crippen molar-refractivity contribution in [1.29, 1.82) is 0 Å². The highest BCUT2D eigenvalue weighted by Gasteiger charge is 2.25. The van der Waals surface area contributed by atoms with Gasteiger partial charge in [0.2, 0.25) is 0 Å². The van der Waals surface area contributed by atoms with Gasteiger partial charge in [-0.25, -0.2) is 4.79 Å². The molecule has 0 saturated heterocycles. The highest BCUT2D eigenvalue weighted by Crippen LogP contribution is 2.23. The number of aromatic hydroxyl groups is 1. The first-order chi connectivity index (χ1) is 8.32. The largest absolute Gasteiger partial charge is 0.506 e. The predicted octanol–water partition coefficient (Wildman–Crippen LogP) is 0.609. The molecule has 0 radical (unpaired) electrons. The van der Waals surface area contributed by atoms with Crippen molar-refractivity contribution in [2.24, 2.45) is 0 Å². The van der Waals surface area contributed by atoms with E-state index in [1.54, 1.807) is 0 Å². The van der Waals surface area contributed by atoms with Crippen LogP contribution in [-0.2, 0) is 4.79 Å². The summed E-state index contributed by atoms with van der Waals surface area (Å²) in [5.41, 5.74) is 0.0877. The second-order valence-corrected chi connectivity index (χ2v) is 4.10. The normalized spacial score (nSPS) is 13.7. The Labute approximate surface area is 108 Å². The molecule has 0 heterocycles. The van der Waals surface area contributed by atoms with Crippen molar-refractivity contribution in [2.45, 2.75) is 19.1 Å². The first-order valence-electron chi connectivity index (χ1n) is 5.03. The number of aliphatic hydroxyl groups excluding tert-OH is 1. The molecule has 2 atom stereocenters. The number of carboxylic acid groups (broad SMARTS) is 1. The first kappa shape index (κ1) is 14.3. The molecule has 18 heavy (non-hydrogen) atoms. The van der Waals surface area contributed by atoms with Gasteiger partial charge in [0.25, 0.3) is 5.91 Å². The van der Waals surface area contributed by atoms with Crippen LogP contribution in [0.4, 0.5) is 0 Å². The van der Waals surface area contributed by atoms with Gasteiger partial charge >= 0.3 is 5.97 Å². The Morgan fingerprint density at radius 3 is 2.44 bits per heavy atom. The third-order valence-electron chi connectivity index (χ3n) is 2.24. The molecule has 0 aliphatic carbocycles. The third kappa shape index (κ3) is 3.35. The Morgan fingerprint density at radius 1 is 1.39 bits per heavy atom. The molecule has 0 saturated carbocycles. The second kappa shape index (κ2) is 5.70. The van der Waals surface area contributed by atoms with Crippen LogP contribution in [0.1, 0.15) is 17.3 Å². The van der Waals surface area contributed by atoms with Gasteiger partial charge in [-0.3, -0.25) is 4.79 Å². The number of benzene rings is 1. The van der Waals surface area contributed by atoms with Crippen LogP contribution in [0.15, 0.2) is 18.2 Å². The number of aliphatic hydroxyl groups is 1. The van der Waals surface area contributed by atoms with E-state index in [1.807, 2.05) is 0 Å². The maximum absolute atomic E-state index is 11.7. The number of carbonyl (C=O) groups excluding carboxylic acids is 1. The van der Waals surface area contributed by atoms with Crippen molar-refractivity contribution in [3.8, 4) is 5.75 Å². The monoisotopic (exact) mass is 273 g/mol. The van der Waals surface area contributed by atoms with Crippen LogP contribution < -0.4 is 5.32 Å². The van der Waals surface area contributed by atoms with Crippen LogP contribution >= 0.6 is 11.6 Å². The minimum atomic E-state index is -1.41. The molecule has 1 aromatic carbocycles. The van der Waals surface area contributed by atoms with Crippen LogP contribution in [-0.4, -0.2) is 39.3 Å². The molecular formula is C11H12ClNO5. The highest BCUT2D eigenvalue weighted by molar-refractivity contribution is 6.32. The maximum atomic E-state index is 11.7. The van der Waals surface area contributed by atoms with Gasteiger partial charge in [-0.05, 0) is 25.1 Å². The van der Waals surface area contributed by atoms with Crippen LogP contribution in [0, 0.1) is 0 Å². The first-order valence-corrected chi connectivity index (χ1v) is 5.41. The smallest absolute Gasteiger partial charge is 0.328 e. The van der Waals surface area contributed by atoms with E-state index in [-0.39, 0.29) is 16.3 Å². The van der Waals surface area contributed by atoms with E-state index < -0.39 is 24.0 Å². The molecule has 6 nitrogen and oxygen atoms in total. The number of carboxylic acids is 1. The van der Waals surface area contributed by atoms with Gasteiger partial charge in [0.1, 0.15) is 5.75 Å². The van der Waals surface area contributed by atoms with E-state index in [0.717, 1.165) is 0 Å². The number of hydrogen-bond donors (Lipinski definition) is 4. The molecule has 7 heteroatoms. The summed E-state index contributed by atoms with van der Waals surface area (Å²) < 4.78 is 0. The number of hydrogen-bond acceptors (Lipinski definition) is 4. The van der Waals surface area contributed by atoms with E-state index in [9.17, 15) is 19.8 Å². The number of halogens is 1. The fraction of sp³-hybridized carbons (Fsp3) is 0.273. The highest BCUT2D eigenvalue weighted by atomic mass is 35.5. The van der Waals surface area contributed by atoms with Crippen LogP contribution in [0.2, 0.25) is 5.02 Å². The summed E-state index contributed by atoms with van der Waals surface area (Å²) in [6.07, 6.45) is -1.24. The van der Waals surface area contributed by atoms with Crippen molar-refractivity contribution in [2.75, 3.05) is 0 Å². The van der Waals surface area contributed by atoms with E-state index >= 15 is 0 Å². The number of rotatable bonds is 4. The number of phenols is 1. The molecule has 0 spiro atoms. The van der Waals surface area contributed by atoms with E-state index in [2.05, 4.69) is 5.32 Å². The zero-order valence-corrected chi connectivity index (χ0v) is 10.2. The number of phenolic OH excluding ortho intramolecular Hbond substituents is 1. The average Bonchev–Trinajstić information content (AvgIpc) is 2.28. The summed E-state index contributed by atoms with van der Waals surface area (Å²) in [5.74, 6) is -2.23. The fourth-order valence-corrected chi connectivity index (χ4v) is 1.44. The lowest BCUT2D eigenvalue weighted by atomic mass is 10.1. The minimum absolute atomic E-state index is 0.0217. The Bertz CT molecular complexity index is 475. The number of nitrogens with one attached hydrogen (secondary N) is 1. The Morgan fingerprint density at radius 2 is 2.00 bits per heavy atom. The molecule has 2 unspecified atom stereocenters. The molecule has 0 fully saturated rings. The molecule has 1 amide bonds. The molecule has 0 aliphatic rings. The molecule has 0 aliphatic heterocycles. The Kier molecular flexibility index (Phi) is 4.52. The summed E-state index contributed by atoms with van der Waals surface area (Å²) >= 11 is 5.62. The summed E-state index contributed by atoms with van der Waals surface area (Å²) in [4.78, 5) is 22.5. The number of amides is 1. The van der Waals surface area contributed by atoms with Crippen molar-refractivity contribution in [3.63, 3.8) is 0 Å². The topological polar surface area (TPSA) is 107 Å². The lowest BCUT2D eigenvalue weighted by molar-refractivity contribution is -0.141. The van der Waals surface area contributed by atoms with Gasteiger partial charge in [0.05, 0.1) is 11.1 Å². The van der Waals surface area contributed by atoms with Crippen molar-refractivity contribution >= 4 is 23.5 Å². The molecular weight excluding hydrogens is 262 g/mol. The summed E-state index contributed by atoms with van der Waals surface area (Å²) in [6, 6.07) is 2.30. The van der Waals surface area contributed by atoms with E-state index in [1.165, 1.54) is 25.1 Å². The van der Waals surface area contributed by atoms with Crippen molar-refractivity contribution in [3.05, 3.63) is 28.8 Å². The molecule has 4 N–H and O–H groups in total. The zero-order valence-electron chi connectivity index (χ0n) is 9.42. The Hall–Kier alpha value is -1.79. The quantitative estimate of drug-likeness (QED) is 0.643. The average molecular weight is 274 g/mol. The molecule has 98 valence electrons. The van der Waals surface area contributed by atoms with Crippen LogP contribution in [0.5, 0.6) is 5.75 Å². The molecule has 1 rings (SSSR count). The standard InChI is InChI=1S/C11H12ClNO5/c1-5(14)9(11(17)18)13-10(16)6-2-3-8(15)7(12)4-6/h2-5,9,14-15H,1H3,(H,13,16)(H,17,18). The second-order valence-electron chi connectivity index (χ2n) is 3.70. The van der Waals surface area contributed by atoms with Crippen molar-refractivity contribution < 1.29 is 24.9 Å². The van der Waals surface area contributed by atoms with Crippen LogP contribution in [0.25, 0.3) is 0 Å². The van der Waals surface area contributed by atoms with Gasteiger partial charge in [-0.2, -0.15) is 0 Å². The fourth-order valence-electron chi connectivity index (χ4n) is 1.26. The lowest BCUT2D eigenvalue weighted by Crippen LogP contribution is -2.47. The van der Waals surface area contributed by atoms with Gasteiger partial charge in [-0.15, -0.1) is 0 Å². The number of aliphatic carboxylic acids is 1. The maximum Gasteiger partial charge on any atom is 0.328 e. The SMILES string of the molecule is CC(O)C(NC(=O)c1ccc(O)c(Cl)c1)C(=O)O. The Balaban J connectivity index is 2.87. The molecule has 1 aromatic rings.